The molecule has 17 heavy (non-hydrogen) atoms. The molecule has 3 atom stereocenters. The van der Waals surface area contributed by atoms with E-state index in [4.69, 9.17) is 5.11 Å². The highest BCUT2D eigenvalue weighted by Crippen LogP contribution is 2.39. The fourth-order valence-electron chi connectivity index (χ4n) is 1.83. The second-order valence-electron chi connectivity index (χ2n) is 4.32. The van der Waals surface area contributed by atoms with Crippen molar-refractivity contribution in [3.63, 3.8) is 0 Å². The third-order valence-corrected chi connectivity index (χ3v) is 2.94. The molecule has 2 rings (SSSR count). The normalized spacial score (nSPS) is 24.1. The van der Waals surface area contributed by atoms with Crippen molar-refractivity contribution in [2.45, 2.75) is 19.4 Å². The number of aryl methyl sites for hydroxylation is 1. The molecule has 1 aliphatic carbocycles. The maximum atomic E-state index is 11.7. The molecule has 1 aliphatic rings. The molecule has 1 amide bonds. The van der Waals surface area contributed by atoms with Crippen LogP contribution in [0.15, 0.2) is 6.33 Å². The number of nitrogens with zero attached hydrogens (tertiary/aromatic N) is 3. The molecule has 1 fully saturated rings. The van der Waals surface area contributed by atoms with Gasteiger partial charge in [0.25, 0.3) is 0 Å². The van der Waals surface area contributed by atoms with E-state index >= 15 is 0 Å². The van der Waals surface area contributed by atoms with Gasteiger partial charge in [0.2, 0.25) is 5.91 Å². The molecule has 1 saturated carbocycles. The molecule has 0 aromatic carbocycles. The minimum absolute atomic E-state index is 0.229. The van der Waals surface area contributed by atoms with Crippen molar-refractivity contribution in [2.75, 3.05) is 0 Å². The van der Waals surface area contributed by atoms with Crippen molar-refractivity contribution >= 4 is 11.9 Å². The number of carbonyl (C=O) groups is 2. The molecule has 92 valence electrons. The summed E-state index contributed by atoms with van der Waals surface area (Å²) < 4.78 is 1.71. The molecule has 1 heterocycles. The van der Waals surface area contributed by atoms with Gasteiger partial charge in [0.05, 0.1) is 17.9 Å². The molecule has 0 bridgehead atoms. The number of amides is 1. The van der Waals surface area contributed by atoms with E-state index in [1.54, 1.807) is 24.9 Å². The van der Waals surface area contributed by atoms with Crippen molar-refractivity contribution in [3.8, 4) is 0 Å². The first kappa shape index (κ1) is 11.6. The Hall–Kier alpha value is -1.92. The SMILES string of the molecule is CC(NC(=O)C1CC1C(=O)O)c1nncn1C. The lowest BCUT2D eigenvalue weighted by Crippen LogP contribution is -2.30. The highest BCUT2D eigenvalue weighted by atomic mass is 16.4. The Labute approximate surface area is 97.8 Å². The van der Waals surface area contributed by atoms with Crippen LogP contribution in [0.3, 0.4) is 0 Å². The predicted molar refractivity (Wildman–Crippen MR) is 56.8 cm³/mol. The second-order valence-corrected chi connectivity index (χ2v) is 4.32. The molecule has 0 radical (unpaired) electrons. The summed E-state index contributed by atoms with van der Waals surface area (Å²) in [5.74, 6) is -1.42. The van der Waals surface area contributed by atoms with Crippen LogP contribution in [0.25, 0.3) is 0 Å². The Bertz CT molecular complexity index is 456. The molecule has 0 spiro atoms. The van der Waals surface area contributed by atoms with Gasteiger partial charge in [-0.2, -0.15) is 0 Å². The lowest BCUT2D eigenvalue weighted by atomic mass is 10.2. The van der Waals surface area contributed by atoms with E-state index in [-0.39, 0.29) is 11.9 Å². The van der Waals surface area contributed by atoms with Crippen LogP contribution < -0.4 is 5.32 Å². The Morgan fingerprint density at radius 2 is 2.29 bits per heavy atom. The standard InChI is InChI=1S/C10H14N4O3/c1-5(8-13-11-4-14(8)2)12-9(15)6-3-7(6)10(16)17/h4-7H,3H2,1-2H3,(H,12,15)(H,16,17). The third-order valence-electron chi connectivity index (χ3n) is 2.94. The maximum absolute atomic E-state index is 11.7. The molecule has 7 heteroatoms. The average Bonchev–Trinajstić information content (AvgIpc) is 2.95. The zero-order chi connectivity index (χ0) is 12.6. The van der Waals surface area contributed by atoms with Gasteiger partial charge in [0.15, 0.2) is 5.82 Å². The number of hydrogen-bond donors (Lipinski definition) is 2. The Morgan fingerprint density at radius 1 is 1.59 bits per heavy atom. The van der Waals surface area contributed by atoms with Crippen LogP contribution in [0.2, 0.25) is 0 Å². The van der Waals surface area contributed by atoms with Gasteiger partial charge in [-0.1, -0.05) is 0 Å². The number of carboxylic acid groups (broad SMARTS) is 1. The van der Waals surface area contributed by atoms with Gasteiger partial charge in [0, 0.05) is 7.05 Å². The second kappa shape index (κ2) is 4.15. The number of nitrogens with one attached hydrogen (secondary N) is 1. The van der Waals surface area contributed by atoms with Crippen LogP contribution in [-0.2, 0) is 16.6 Å². The van der Waals surface area contributed by atoms with E-state index in [2.05, 4.69) is 15.5 Å². The minimum atomic E-state index is -0.906. The molecule has 0 aliphatic heterocycles. The quantitative estimate of drug-likeness (QED) is 0.751. The first-order valence-electron chi connectivity index (χ1n) is 5.37. The topological polar surface area (TPSA) is 97.1 Å². The van der Waals surface area contributed by atoms with Crippen molar-refractivity contribution in [3.05, 3.63) is 12.2 Å². The fourth-order valence-corrected chi connectivity index (χ4v) is 1.83. The van der Waals surface area contributed by atoms with Crippen molar-refractivity contribution in [2.24, 2.45) is 18.9 Å². The van der Waals surface area contributed by atoms with Gasteiger partial charge < -0.3 is 15.0 Å². The summed E-state index contributed by atoms with van der Waals surface area (Å²) >= 11 is 0. The monoisotopic (exact) mass is 238 g/mol. The third kappa shape index (κ3) is 2.27. The molecule has 1 aromatic rings. The van der Waals surface area contributed by atoms with Gasteiger partial charge in [0.1, 0.15) is 6.33 Å². The molecule has 7 nitrogen and oxygen atoms in total. The Morgan fingerprint density at radius 3 is 2.76 bits per heavy atom. The number of carboxylic acids is 1. The smallest absolute Gasteiger partial charge is 0.307 e. The average molecular weight is 238 g/mol. The van der Waals surface area contributed by atoms with Gasteiger partial charge >= 0.3 is 5.97 Å². The van der Waals surface area contributed by atoms with E-state index in [0.29, 0.717) is 12.2 Å². The van der Waals surface area contributed by atoms with Crippen LogP contribution in [0.4, 0.5) is 0 Å². The molecule has 2 N–H and O–H groups in total. The fraction of sp³-hybridized carbons (Fsp3) is 0.600. The summed E-state index contributed by atoms with van der Waals surface area (Å²) in [5.41, 5.74) is 0. The zero-order valence-electron chi connectivity index (χ0n) is 9.62. The maximum Gasteiger partial charge on any atom is 0.307 e. The highest BCUT2D eigenvalue weighted by molar-refractivity contribution is 5.89. The van der Waals surface area contributed by atoms with E-state index in [0.717, 1.165) is 0 Å². The van der Waals surface area contributed by atoms with Gasteiger partial charge in [-0.3, -0.25) is 9.59 Å². The number of aliphatic carboxylic acids is 1. The summed E-state index contributed by atoms with van der Waals surface area (Å²) in [6, 6.07) is -0.273. The van der Waals surface area contributed by atoms with Crippen LogP contribution in [0.1, 0.15) is 25.2 Å². The van der Waals surface area contributed by atoms with Gasteiger partial charge in [-0.15, -0.1) is 10.2 Å². The molecule has 0 saturated heterocycles. The lowest BCUT2D eigenvalue weighted by molar-refractivity contribution is -0.140. The van der Waals surface area contributed by atoms with Gasteiger partial charge in [-0.25, -0.2) is 0 Å². The summed E-state index contributed by atoms with van der Waals surface area (Å²) in [5, 5.41) is 19.1. The molecule has 3 unspecified atom stereocenters. The predicted octanol–water partition coefficient (Wildman–Crippen LogP) is -0.287. The number of rotatable bonds is 4. The van der Waals surface area contributed by atoms with Crippen molar-refractivity contribution < 1.29 is 14.7 Å². The van der Waals surface area contributed by atoms with Crippen LogP contribution in [0, 0.1) is 11.8 Å². The van der Waals surface area contributed by atoms with Crippen LogP contribution >= 0.6 is 0 Å². The summed E-state index contributed by atoms with van der Waals surface area (Å²) in [6.45, 7) is 1.79. The van der Waals surface area contributed by atoms with Gasteiger partial charge in [-0.05, 0) is 13.3 Å². The molecule has 1 aromatic heterocycles. The summed E-state index contributed by atoms with van der Waals surface area (Å²) in [6.07, 6.45) is 1.97. The first-order chi connectivity index (χ1) is 8.00. The Kier molecular flexibility index (Phi) is 2.83. The Balaban J connectivity index is 1.92. The first-order valence-corrected chi connectivity index (χ1v) is 5.37. The van der Waals surface area contributed by atoms with E-state index < -0.39 is 17.8 Å². The van der Waals surface area contributed by atoms with Crippen molar-refractivity contribution in [1.82, 2.24) is 20.1 Å². The lowest BCUT2D eigenvalue weighted by Gasteiger charge is -2.12. The zero-order valence-corrected chi connectivity index (χ0v) is 9.62. The largest absolute Gasteiger partial charge is 0.481 e. The molecular weight excluding hydrogens is 224 g/mol. The molecular formula is C10H14N4O3. The van der Waals surface area contributed by atoms with E-state index in [1.807, 2.05) is 0 Å². The van der Waals surface area contributed by atoms with E-state index in [9.17, 15) is 9.59 Å². The summed E-state index contributed by atoms with van der Waals surface area (Å²) in [7, 11) is 1.79. The highest BCUT2D eigenvalue weighted by Gasteiger charge is 2.48. The number of carbonyl (C=O) groups excluding carboxylic acids is 1. The summed E-state index contributed by atoms with van der Waals surface area (Å²) in [4.78, 5) is 22.3. The number of hydrogen-bond acceptors (Lipinski definition) is 4. The number of aromatic nitrogens is 3. The van der Waals surface area contributed by atoms with E-state index in [1.165, 1.54) is 0 Å². The van der Waals surface area contributed by atoms with Crippen LogP contribution in [0.5, 0.6) is 0 Å². The minimum Gasteiger partial charge on any atom is -0.481 e. The van der Waals surface area contributed by atoms with Crippen LogP contribution in [-0.4, -0.2) is 31.7 Å². The van der Waals surface area contributed by atoms with Crippen molar-refractivity contribution in [1.29, 1.82) is 0 Å².